The molecule has 2 aliphatic heterocycles. The Bertz CT molecular complexity index is 224. The van der Waals surface area contributed by atoms with Gasteiger partial charge in [0.25, 0.3) is 0 Å². The molecule has 86 valence electrons. The fraction of sp³-hybridized carbons (Fsp3) is 0.917. The Hall–Kier alpha value is -0.570. The highest BCUT2D eigenvalue weighted by atomic mass is 16.2. The van der Waals surface area contributed by atoms with Crippen molar-refractivity contribution >= 4 is 5.91 Å². The molecule has 0 saturated carbocycles. The molecule has 0 spiro atoms. The molecule has 0 unspecified atom stereocenters. The Morgan fingerprint density at radius 3 is 2.67 bits per heavy atom. The zero-order valence-electron chi connectivity index (χ0n) is 9.74. The Morgan fingerprint density at radius 2 is 2.00 bits per heavy atom. The van der Waals surface area contributed by atoms with Crippen LogP contribution in [0.5, 0.6) is 0 Å². The smallest absolute Gasteiger partial charge is 0.226 e. The average Bonchev–Trinajstić information content (AvgIpc) is 2.29. The molecule has 2 saturated heterocycles. The summed E-state index contributed by atoms with van der Waals surface area (Å²) in [6.07, 6.45) is 4.67. The van der Waals surface area contributed by atoms with E-state index in [2.05, 4.69) is 17.1 Å². The first-order chi connectivity index (χ1) is 7.27. The van der Waals surface area contributed by atoms with E-state index in [0.29, 0.717) is 17.7 Å². The third-order valence-corrected chi connectivity index (χ3v) is 3.76. The average molecular weight is 211 g/mol. The van der Waals surface area contributed by atoms with Crippen molar-refractivity contribution in [2.24, 2.45) is 11.8 Å². The summed E-state index contributed by atoms with van der Waals surface area (Å²) >= 11 is 0. The summed E-state index contributed by atoms with van der Waals surface area (Å²) in [5.41, 5.74) is 0. The van der Waals surface area contributed by atoms with E-state index < -0.39 is 0 Å². The molecule has 2 rings (SSSR count). The van der Waals surface area contributed by atoms with E-state index in [1.165, 1.54) is 12.8 Å². The van der Waals surface area contributed by atoms with Crippen LogP contribution in [0.15, 0.2) is 0 Å². The first-order valence-electron chi connectivity index (χ1n) is 6.38. The summed E-state index contributed by atoms with van der Waals surface area (Å²) in [5.74, 6) is 1.48. The van der Waals surface area contributed by atoms with Crippen LogP contribution in [0.3, 0.4) is 0 Å². The largest absolute Gasteiger partial charge is 0.346 e. The van der Waals surface area contributed by atoms with Gasteiger partial charge in [-0.3, -0.25) is 4.79 Å². The minimum absolute atomic E-state index is 0.334. The van der Waals surface area contributed by atoms with E-state index in [1.54, 1.807) is 0 Å². The first kappa shape index (κ1) is 10.9. The Balaban J connectivity index is 1.88. The predicted molar refractivity (Wildman–Crippen MR) is 59.4 cm³/mol. The van der Waals surface area contributed by atoms with Crippen LogP contribution in [-0.2, 0) is 4.79 Å². The lowest BCUT2D eigenvalue weighted by Crippen LogP contribution is -2.86. The van der Waals surface area contributed by atoms with Crippen LogP contribution in [0.2, 0.25) is 0 Å². The van der Waals surface area contributed by atoms with Crippen molar-refractivity contribution in [1.29, 1.82) is 0 Å². The Labute approximate surface area is 92.2 Å². The van der Waals surface area contributed by atoms with Gasteiger partial charge in [-0.2, -0.15) is 0 Å². The van der Waals surface area contributed by atoms with Gasteiger partial charge < -0.3 is 10.2 Å². The fourth-order valence-electron chi connectivity index (χ4n) is 2.82. The molecule has 2 aliphatic rings. The van der Waals surface area contributed by atoms with Gasteiger partial charge in [-0.05, 0) is 18.8 Å². The summed E-state index contributed by atoms with van der Waals surface area (Å²) in [5, 5.41) is 2.32. The van der Waals surface area contributed by atoms with Crippen molar-refractivity contribution in [2.75, 3.05) is 26.2 Å². The van der Waals surface area contributed by atoms with E-state index in [0.717, 1.165) is 39.0 Å². The molecular formula is C12H23N2O+. The predicted octanol–water partition coefficient (Wildman–Crippen LogP) is 0.218. The lowest BCUT2D eigenvalue weighted by atomic mass is 9.93. The van der Waals surface area contributed by atoms with E-state index >= 15 is 0 Å². The quantitative estimate of drug-likeness (QED) is 0.662. The van der Waals surface area contributed by atoms with Crippen molar-refractivity contribution in [3.63, 3.8) is 0 Å². The molecule has 3 heteroatoms. The van der Waals surface area contributed by atoms with E-state index in [-0.39, 0.29) is 0 Å². The summed E-state index contributed by atoms with van der Waals surface area (Å²) in [7, 11) is 0. The highest BCUT2D eigenvalue weighted by Gasteiger charge is 2.29. The zero-order chi connectivity index (χ0) is 10.7. The maximum absolute atomic E-state index is 12.2. The number of amides is 1. The molecule has 1 atom stereocenters. The minimum Gasteiger partial charge on any atom is -0.346 e. The Morgan fingerprint density at radius 1 is 1.27 bits per heavy atom. The number of likely N-dealkylation sites (tertiary alicyclic amines) is 1. The van der Waals surface area contributed by atoms with Crippen LogP contribution in [-0.4, -0.2) is 37.0 Å². The van der Waals surface area contributed by atoms with Gasteiger partial charge in [0, 0.05) is 31.8 Å². The van der Waals surface area contributed by atoms with E-state index in [4.69, 9.17) is 0 Å². The fourth-order valence-corrected chi connectivity index (χ4v) is 2.82. The standard InChI is InChI=1S/C12H22N2O/c1-10-3-2-8-14(9-10)12(15)11-4-6-13-7-5-11/h10-11,13H,2-9H2,1H3/p+1/t10-/m0/s1. The van der Waals surface area contributed by atoms with Crippen LogP contribution in [0.25, 0.3) is 0 Å². The molecule has 0 aromatic carbocycles. The van der Waals surface area contributed by atoms with Crippen LogP contribution >= 0.6 is 0 Å². The molecule has 0 aliphatic carbocycles. The molecule has 2 fully saturated rings. The highest BCUT2D eigenvalue weighted by molar-refractivity contribution is 5.79. The topological polar surface area (TPSA) is 36.9 Å². The number of nitrogens with zero attached hydrogens (tertiary/aromatic N) is 1. The number of carbonyl (C=O) groups excluding carboxylic acids is 1. The molecule has 0 bridgehead atoms. The van der Waals surface area contributed by atoms with Crippen LogP contribution < -0.4 is 5.32 Å². The number of carbonyl (C=O) groups is 1. The molecule has 0 radical (unpaired) electrons. The maximum Gasteiger partial charge on any atom is 0.226 e. The third kappa shape index (κ3) is 2.71. The molecule has 15 heavy (non-hydrogen) atoms. The van der Waals surface area contributed by atoms with Crippen molar-refractivity contribution in [2.45, 2.75) is 32.6 Å². The number of rotatable bonds is 1. The van der Waals surface area contributed by atoms with Crippen molar-refractivity contribution in [3.05, 3.63) is 0 Å². The number of nitrogens with two attached hydrogens (primary N) is 1. The number of piperidine rings is 2. The number of quaternary nitrogens is 1. The van der Waals surface area contributed by atoms with Crippen molar-refractivity contribution in [3.8, 4) is 0 Å². The summed E-state index contributed by atoms with van der Waals surface area (Å²) in [6.45, 7) is 6.54. The third-order valence-electron chi connectivity index (χ3n) is 3.76. The molecule has 1 amide bonds. The van der Waals surface area contributed by atoms with Gasteiger partial charge in [0.15, 0.2) is 0 Å². The highest BCUT2D eigenvalue weighted by Crippen LogP contribution is 2.20. The second kappa shape index (κ2) is 4.97. The molecule has 0 aromatic rings. The first-order valence-corrected chi connectivity index (χ1v) is 6.38. The zero-order valence-corrected chi connectivity index (χ0v) is 9.74. The second-order valence-corrected chi connectivity index (χ2v) is 5.17. The van der Waals surface area contributed by atoms with Gasteiger partial charge in [-0.1, -0.05) is 6.92 Å². The van der Waals surface area contributed by atoms with Gasteiger partial charge in [0.05, 0.1) is 13.1 Å². The van der Waals surface area contributed by atoms with E-state index in [1.807, 2.05) is 0 Å². The molecule has 2 heterocycles. The monoisotopic (exact) mass is 211 g/mol. The SMILES string of the molecule is C[C@H]1CCCN(C(=O)C2CC[NH2+]CC2)C1. The van der Waals surface area contributed by atoms with E-state index in [9.17, 15) is 4.79 Å². The lowest BCUT2D eigenvalue weighted by molar-refractivity contribution is -0.664. The lowest BCUT2D eigenvalue weighted by Gasteiger charge is -2.34. The number of hydrogen-bond donors (Lipinski definition) is 1. The minimum atomic E-state index is 0.334. The van der Waals surface area contributed by atoms with Gasteiger partial charge in [-0.25, -0.2) is 0 Å². The molecular weight excluding hydrogens is 188 g/mol. The second-order valence-electron chi connectivity index (χ2n) is 5.17. The summed E-state index contributed by atoms with van der Waals surface area (Å²) < 4.78 is 0. The summed E-state index contributed by atoms with van der Waals surface area (Å²) in [6, 6.07) is 0. The molecule has 2 N–H and O–H groups in total. The van der Waals surface area contributed by atoms with Gasteiger partial charge in [0.1, 0.15) is 0 Å². The van der Waals surface area contributed by atoms with Gasteiger partial charge in [0.2, 0.25) is 5.91 Å². The van der Waals surface area contributed by atoms with Gasteiger partial charge in [-0.15, -0.1) is 0 Å². The van der Waals surface area contributed by atoms with Crippen LogP contribution in [0.4, 0.5) is 0 Å². The van der Waals surface area contributed by atoms with Crippen LogP contribution in [0.1, 0.15) is 32.6 Å². The van der Waals surface area contributed by atoms with Crippen molar-refractivity contribution < 1.29 is 10.1 Å². The van der Waals surface area contributed by atoms with Gasteiger partial charge >= 0.3 is 0 Å². The van der Waals surface area contributed by atoms with Crippen LogP contribution in [0, 0.1) is 11.8 Å². The van der Waals surface area contributed by atoms with Crippen molar-refractivity contribution in [1.82, 2.24) is 4.90 Å². The Kier molecular flexibility index (Phi) is 3.62. The maximum atomic E-state index is 12.2. The normalized spacial score (nSPS) is 29.1. The number of hydrogen-bond acceptors (Lipinski definition) is 1. The summed E-state index contributed by atoms with van der Waals surface area (Å²) in [4.78, 5) is 14.3. The molecule has 3 nitrogen and oxygen atoms in total. The molecule has 0 aromatic heterocycles.